The molecule has 7 heteroatoms. The number of rotatable bonds is 4. The third kappa shape index (κ3) is 4.23. The van der Waals surface area contributed by atoms with Crippen molar-refractivity contribution in [3.8, 4) is 0 Å². The fraction of sp³-hybridized carbons (Fsp3) is 0.316. The number of hydrogen-bond acceptors (Lipinski definition) is 5. The number of amides is 1. The summed E-state index contributed by atoms with van der Waals surface area (Å²) in [5.41, 5.74) is 2.82. The number of nitrogens with zero attached hydrogens (tertiary/aromatic N) is 1. The van der Waals surface area contributed by atoms with Gasteiger partial charge in [0.25, 0.3) is 5.91 Å². The van der Waals surface area contributed by atoms with Gasteiger partial charge in [0.1, 0.15) is 0 Å². The molecule has 1 saturated heterocycles. The molecule has 138 valence electrons. The largest absolute Gasteiger partial charge is 0.378 e. The molecule has 2 aromatic rings. The fourth-order valence-electron chi connectivity index (χ4n) is 2.85. The smallest absolute Gasteiger partial charge is 0.255 e. The highest BCUT2D eigenvalue weighted by Crippen LogP contribution is 2.21. The van der Waals surface area contributed by atoms with Crippen molar-refractivity contribution in [1.29, 1.82) is 0 Å². The van der Waals surface area contributed by atoms with Crippen molar-refractivity contribution in [2.24, 2.45) is 0 Å². The third-order valence-corrected chi connectivity index (χ3v) is 5.49. The average molecular weight is 374 g/mol. The van der Waals surface area contributed by atoms with Crippen LogP contribution in [0.15, 0.2) is 47.4 Å². The van der Waals surface area contributed by atoms with E-state index in [0.29, 0.717) is 24.5 Å². The quantitative estimate of drug-likeness (QED) is 0.890. The first-order valence-electron chi connectivity index (χ1n) is 8.39. The van der Waals surface area contributed by atoms with Crippen LogP contribution in [-0.2, 0) is 14.6 Å². The van der Waals surface area contributed by atoms with E-state index in [4.69, 9.17) is 4.74 Å². The van der Waals surface area contributed by atoms with Gasteiger partial charge in [0.05, 0.1) is 18.1 Å². The van der Waals surface area contributed by atoms with Crippen LogP contribution in [0.5, 0.6) is 0 Å². The molecule has 0 saturated carbocycles. The van der Waals surface area contributed by atoms with Gasteiger partial charge in [-0.1, -0.05) is 6.07 Å². The standard InChI is InChI=1S/C19H22N2O4S/c1-14-3-8-17(26(2,23)24)13-18(14)19(22)20-15-4-6-16(7-5-15)21-9-11-25-12-10-21/h3-8,13H,9-12H2,1-2H3,(H,20,22). The minimum atomic E-state index is -3.36. The molecular weight excluding hydrogens is 352 g/mol. The van der Waals surface area contributed by atoms with E-state index in [1.165, 1.54) is 12.1 Å². The van der Waals surface area contributed by atoms with Gasteiger partial charge in [0.15, 0.2) is 9.84 Å². The molecule has 3 rings (SSSR count). The van der Waals surface area contributed by atoms with Crippen molar-refractivity contribution < 1.29 is 17.9 Å². The van der Waals surface area contributed by atoms with Crippen LogP contribution in [0.25, 0.3) is 0 Å². The van der Waals surface area contributed by atoms with Crippen molar-refractivity contribution in [2.75, 3.05) is 42.8 Å². The van der Waals surface area contributed by atoms with E-state index < -0.39 is 9.84 Å². The molecule has 6 nitrogen and oxygen atoms in total. The molecule has 1 fully saturated rings. The van der Waals surface area contributed by atoms with Crippen LogP contribution in [0.4, 0.5) is 11.4 Å². The molecule has 1 N–H and O–H groups in total. The van der Waals surface area contributed by atoms with E-state index in [0.717, 1.165) is 30.6 Å². The number of anilines is 2. The van der Waals surface area contributed by atoms with Gasteiger partial charge in [-0.15, -0.1) is 0 Å². The molecule has 0 radical (unpaired) electrons. The fourth-order valence-corrected chi connectivity index (χ4v) is 3.50. The number of morpholine rings is 1. The molecule has 1 aliphatic rings. The Hall–Kier alpha value is -2.38. The van der Waals surface area contributed by atoms with E-state index in [1.807, 2.05) is 24.3 Å². The molecule has 0 bridgehead atoms. The minimum absolute atomic E-state index is 0.135. The second-order valence-electron chi connectivity index (χ2n) is 6.35. The normalized spacial score (nSPS) is 14.9. The van der Waals surface area contributed by atoms with Gasteiger partial charge in [0.2, 0.25) is 0 Å². The molecule has 2 aromatic carbocycles. The Labute approximate surface area is 153 Å². The summed E-state index contributed by atoms with van der Waals surface area (Å²) >= 11 is 0. The first kappa shape index (κ1) is 18.4. The summed E-state index contributed by atoms with van der Waals surface area (Å²) in [5.74, 6) is -0.327. The summed E-state index contributed by atoms with van der Waals surface area (Å²) in [6.45, 7) is 4.91. The average Bonchev–Trinajstić information content (AvgIpc) is 2.62. The highest BCUT2D eigenvalue weighted by atomic mass is 32.2. The molecule has 1 aliphatic heterocycles. The monoisotopic (exact) mass is 374 g/mol. The highest BCUT2D eigenvalue weighted by molar-refractivity contribution is 7.90. The van der Waals surface area contributed by atoms with Crippen molar-refractivity contribution in [1.82, 2.24) is 0 Å². The minimum Gasteiger partial charge on any atom is -0.378 e. The lowest BCUT2D eigenvalue weighted by atomic mass is 10.1. The van der Waals surface area contributed by atoms with Gasteiger partial charge >= 0.3 is 0 Å². The summed E-state index contributed by atoms with van der Waals surface area (Å²) in [4.78, 5) is 14.9. The Bertz CT molecular complexity index is 902. The number of benzene rings is 2. The Morgan fingerprint density at radius 2 is 1.73 bits per heavy atom. The molecular formula is C19H22N2O4S. The second kappa shape index (κ2) is 7.47. The van der Waals surface area contributed by atoms with Crippen LogP contribution < -0.4 is 10.2 Å². The van der Waals surface area contributed by atoms with E-state index in [2.05, 4.69) is 10.2 Å². The zero-order chi connectivity index (χ0) is 18.7. The molecule has 0 atom stereocenters. The zero-order valence-corrected chi connectivity index (χ0v) is 15.7. The summed E-state index contributed by atoms with van der Waals surface area (Å²) in [6, 6.07) is 12.2. The van der Waals surface area contributed by atoms with Crippen molar-refractivity contribution in [3.63, 3.8) is 0 Å². The molecule has 0 unspecified atom stereocenters. The van der Waals surface area contributed by atoms with E-state index in [-0.39, 0.29) is 10.8 Å². The molecule has 1 heterocycles. The third-order valence-electron chi connectivity index (χ3n) is 4.38. The number of carbonyl (C=O) groups is 1. The maximum absolute atomic E-state index is 12.6. The summed E-state index contributed by atoms with van der Waals surface area (Å²) in [6.07, 6.45) is 1.13. The van der Waals surface area contributed by atoms with Crippen LogP contribution in [0, 0.1) is 6.92 Å². The number of sulfone groups is 1. The predicted octanol–water partition coefficient (Wildman–Crippen LogP) is 2.49. The molecule has 26 heavy (non-hydrogen) atoms. The van der Waals surface area contributed by atoms with Gasteiger partial charge < -0.3 is 15.0 Å². The molecule has 0 spiro atoms. The lowest BCUT2D eigenvalue weighted by Crippen LogP contribution is -2.36. The van der Waals surface area contributed by atoms with Crippen LogP contribution in [0.2, 0.25) is 0 Å². The zero-order valence-electron chi connectivity index (χ0n) is 14.9. The molecule has 0 aromatic heterocycles. The second-order valence-corrected chi connectivity index (χ2v) is 8.37. The molecule has 0 aliphatic carbocycles. The lowest BCUT2D eigenvalue weighted by molar-refractivity contribution is 0.102. The van der Waals surface area contributed by atoms with Gasteiger partial charge in [-0.05, 0) is 48.9 Å². The van der Waals surface area contributed by atoms with Crippen molar-refractivity contribution in [2.45, 2.75) is 11.8 Å². The lowest BCUT2D eigenvalue weighted by Gasteiger charge is -2.28. The van der Waals surface area contributed by atoms with Crippen LogP contribution in [-0.4, -0.2) is 46.9 Å². The maximum Gasteiger partial charge on any atom is 0.255 e. The predicted molar refractivity (Wildman–Crippen MR) is 102 cm³/mol. The van der Waals surface area contributed by atoms with Gasteiger partial charge in [-0.25, -0.2) is 8.42 Å². The van der Waals surface area contributed by atoms with E-state index >= 15 is 0 Å². The summed E-state index contributed by atoms with van der Waals surface area (Å²) in [5, 5.41) is 2.83. The van der Waals surface area contributed by atoms with E-state index in [1.54, 1.807) is 13.0 Å². The number of nitrogens with one attached hydrogen (secondary N) is 1. The number of ether oxygens (including phenoxy) is 1. The Kier molecular flexibility index (Phi) is 5.29. The van der Waals surface area contributed by atoms with Gasteiger partial charge in [0, 0.05) is 36.3 Å². The van der Waals surface area contributed by atoms with Crippen LogP contribution in [0.3, 0.4) is 0 Å². The van der Waals surface area contributed by atoms with Gasteiger partial charge in [-0.2, -0.15) is 0 Å². The first-order valence-corrected chi connectivity index (χ1v) is 10.3. The molecule has 1 amide bonds. The highest BCUT2D eigenvalue weighted by Gasteiger charge is 2.15. The van der Waals surface area contributed by atoms with Gasteiger partial charge in [-0.3, -0.25) is 4.79 Å². The Balaban J connectivity index is 1.75. The SMILES string of the molecule is Cc1ccc(S(C)(=O)=O)cc1C(=O)Nc1ccc(N2CCOCC2)cc1. The first-order chi connectivity index (χ1) is 12.3. The summed E-state index contributed by atoms with van der Waals surface area (Å²) < 4.78 is 28.8. The number of aryl methyl sites for hydroxylation is 1. The van der Waals surface area contributed by atoms with E-state index in [9.17, 15) is 13.2 Å². The Morgan fingerprint density at radius 3 is 2.35 bits per heavy atom. The topological polar surface area (TPSA) is 75.7 Å². The van der Waals surface area contributed by atoms with Crippen LogP contribution >= 0.6 is 0 Å². The van der Waals surface area contributed by atoms with Crippen LogP contribution in [0.1, 0.15) is 15.9 Å². The number of hydrogen-bond donors (Lipinski definition) is 1. The maximum atomic E-state index is 12.6. The van der Waals surface area contributed by atoms with Crippen molar-refractivity contribution in [3.05, 3.63) is 53.6 Å². The Morgan fingerprint density at radius 1 is 1.08 bits per heavy atom. The summed E-state index contributed by atoms with van der Waals surface area (Å²) in [7, 11) is -3.36. The number of carbonyl (C=O) groups excluding carboxylic acids is 1. The van der Waals surface area contributed by atoms with Crippen molar-refractivity contribution >= 4 is 27.1 Å².